The van der Waals surface area contributed by atoms with Gasteiger partial charge in [0, 0.05) is 37.7 Å². The Morgan fingerprint density at radius 1 is 1.25 bits per heavy atom. The van der Waals surface area contributed by atoms with E-state index >= 15 is 0 Å². The van der Waals surface area contributed by atoms with Crippen molar-refractivity contribution in [2.75, 3.05) is 0 Å². The first-order valence-electron chi connectivity index (χ1n) is 0.516. The molecule has 4 heavy (non-hydrogen) atoms. The molecule has 2 nitrogen and oxygen atoms in total. The van der Waals surface area contributed by atoms with Gasteiger partial charge in [-0.05, 0) is 0 Å². The Kier molecular flexibility index (Phi) is 19.9. The Labute approximate surface area is 55.1 Å². The predicted octanol–water partition coefficient (Wildman–Crippen LogP) is -1.88. The molecule has 0 unspecified atom stereocenters. The second-order valence-corrected chi connectivity index (χ2v) is 0.115. The fourth-order valence-electron chi connectivity index (χ4n) is 0. The van der Waals surface area contributed by atoms with Gasteiger partial charge in [-0.2, -0.15) is 0 Å². The van der Waals surface area contributed by atoms with Gasteiger partial charge in [0.1, 0.15) is 0 Å². The molecule has 0 aliphatic rings. The predicted molar refractivity (Wildman–Crippen MR) is 15.9 cm³/mol. The normalized spacial score (nSPS) is 3.50. The number of hydrogen-bond acceptors (Lipinski definition) is 2. The molecule has 0 saturated carbocycles. The van der Waals surface area contributed by atoms with Crippen molar-refractivity contribution in [3.05, 3.63) is 0 Å². The van der Waals surface area contributed by atoms with Crippen molar-refractivity contribution < 1.29 is 10.0 Å². The average molecular weight is 84.9 g/mol. The van der Waals surface area contributed by atoms with E-state index in [1.807, 2.05) is 0 Å². The third kappa shape index (κ3) is 10.6. The minimum atomic E-state index is 0. The molecular formula is H2BCaO2. The summed E-state index contributed by atoms with van der Waals surface area (Å²) in [6.45, 7) is 0. The van der Waals surface area contributed by atoms with Gasteiger partial charge in [0.2, 0.25) is 0 Å². The van der Waals surface area contributed by atoms with E-state index in [0.717, 1.165) is 0 Å². The molecule has 0 fully saturated rings. The third-order valence-electron chi connectivity index (χ3n) is 0. The Bertz CT molecular complexity index is 6.00. The molecule has 3 radical (unpaired) electrons. The van der Waals surface area contributed by atoms with Gasteiger partial charge in [0.15, 0.2) is 0 Å². The zero-order valence-electron chi connectivity index (χ0n) is 2.18. The summed E-state index contributed by atoms with van der Waals surface area (Å²) in [7, 11) is 0. The smallest absolute Gasteiger partial charge is 0.429 e. The van der Waals surface area contributed by atoms with Crippen LogP contribution in [0.5, 0.6) is 0 Å². The average Bonchev–Trinajstić information content (AvgIpc) is 0.918. The third-order valence-corrected chi connectivity index (χ3v) is 0. The van der Waals surface area contributed by atoms with Crippen LogP contribution in [-0.2, 0) is 0 Å². The van der Waals surface area contributed by atoms with E-state index < -0.39 is 0 Å². The summed E-state index contributed by atoms with van der Waals surface area (Å²) >= 11 is 0. The van der Waals surface area contributed by atoms with Crippen LogP contribution in [0, 0.1) is 0 Å². The zero-order valence-corrected chi connectivity index (χ0v) is 4.39. The van der Waals surface area contributed by atoms with Crippen LogP contribution < -0.4 is 0 Å². The second-order valence-electron chi connectivity index (χ2n) is 0.115. The van der Waals surface area contributed by atoms with E-state index in [0.29, 0.717) is 0 Å². The first kappa shape index (κ1) is 8.98. The van der Waals surface area contributed by atoms with Crippen LogP contribution >= 0.6 is 0 Å². The molecule has 0 aliphatic carbocycles. The molecule has 2 N–H and O–H groups in total. The van der Waals surface area contributed by atoms with E-state index in [9.17, 15) is 0 Å². The molecule has 0 saturated heterocycles. The Balaban J connectivity index is 0. The van der Waals surface area contributed by atoms with Gasteiger partial charge in [0.05, 0.1) is 0 Å². The fraction of sp³-hybridized carbons (Fsp3) is 0. The van der Waals surface area contributed by atoms with Gasteiger partial charge in [-0.25, -0.2) is 0 Å². The van der Waals surface area contributed by atoms with Crippen molar-refractivity contribution in [1.82, 2.24) is 0 Å². The molecule has 0 atom stereocenters. The summed E-state index contributed by atoms with van der Waals surface area (Å²) in [4.78, 5) is 0. The standard InChI is InChI=1S/BH2O2.Ca/c2-1-3;/h2-3H;. The van der Waals surface area contributed by atoms with Gasteiger partial charge in [-0.3, -0.25) is 0 Å². The van der Waals surface area contributed by atoms with Gasteiger partial charge in [-0.1, -0.05) is 0 Å². The van der Waals surface area contributed by atoms with Crippen molar-refractivity contribution in [2.24, 2.45) is 0 Å². The summed E-state index contributed by atoms with van der Waals surface area (Å²) < 4.78 is 0. The summed E-state index contributed by atoms with van der Waals surface area (Å²) in [6.07, 6.45) is 0. The minimum absolute atomic E-state index is 0. The first-order chi connectivity index (χ1) is 1.41. The van der Waals surface area contributed by atoms with Crippen molar-refractivity contribution >= 4 is 45.4 Å². The number of rotatable bonds is 0. The Morgan fingerprint density at radius 2 is 1.25 bits per heavy atom. The van der Waals surface area contributed by atoms with E-state index in [1.165, 1.54) is 0 Å². The van der Waals surface area contributed by atoms with Gasteiger partial charge >= 0.3 is 7.69 Å². The SMILES string of the molecule is O[B]O.[Ca]. The zero-order chi connectivity index (χ0) is 2.71. The summed E-state index contributed by atoms with van der Waals surface area (Å²) in [5.74, 6) is 0. The maximum absolute atomic E-state index is 7.00. The molecule has 4 heteroatoms. The maximum atomic E-state index is 7.00. The monoisotopic (exact) mass is 85.0 g/mol. The molecule has 0 rings (SSSR count). The summed E-state index contributed by atoms with van der Waals surface area (Å²) in [6, 6.07) is 0. The van der Waals surface area contributed by atoms with E-state index in [4.69, 9.17) is 10.0 Å². The van der Waals surface area contributed by atoms with Crippen LogP contribution in [0.1, 0.15) is 0 Å². The molecule has 0 aromatic carbocycles. The largest absolute Gasteiger partial charge is 0.482 e. The molecule has 0 aliphatic heterocycles. The van der Waals surface area contributed by atoms with E-state index in [1.54, 1.807) is 0 Å². The van der Waals surface area contributed by atoms with Crippen molar-refractivity contribution in [2.45, 2.75) is 0 Å². The fourth-order valence-corrected chi connectivity index (χ4v) is 0. The molecule has 0 bridgehead atoms. The molecule has 0 aromatic heterocycles. The molecular weight excluding hydrogens is 82.9 g/mol. The quantitative estimate of drug-likeness (QED) is 0.338. The number of hydrogen-bond donors (Lipinski definition) is 2. The van der Waals surface area contributed by atoms with E-state index in [-0.39, 0.29) is 45.4 Å². The summed E-state index contributed by atoms with van der Waals surface area (Å²) in [5, 5.41) is 14.0. The molecule has 0 spiro atoms. The van der Waals surface area contributed by atoms with Crippen LogP contribution in [-0.4, -0.2) is 55.5 Å². The van der Waals surface area contributed by atoms with Crippen molar-refractivity contribution in [3.63, 3.8) is 0 Å². The molecule has 19 valence electrons. The Morgan fingerprint density at radius 3 is 1.25 bits per heavy atom. The summed E-state index contributed by atoms with van der Waals surface area (Å²) in [5.41, 5.74) is 0. The van der Waals surface area contributed by atoms with E-state index in [2.05, 4.69) is 0 Å². The van der Waals surface area contributed by atoms with Crippen molar-refractivity contribution in [3.8, 4) is 0 Å². The molecule has 0 aromatic rings. The van der Waals surface area contributed by atoms with Crippen LogP contribution in [0.15, 0.2) is 0 Å². The maximum Gasteiger partial charge on any atom is 0.482 e. The van der Waals surface area contributed by atoms with Gasteiger partial charge in [0.25, 0.3) is 0 Å². The molecule has 0 amide bonds. The minimum Gasteiger partial charge on any atom is -0.429 e. The van der Waals surface area contributed by atoms with Crippen LogP contribution in [0.3, 0.4) is 0 Å². The second kappa shape index (κ2) is 8.87. The van der Waals surface area contributed by atoms with Gasteiger partial charge in [-0.15, -0.1) is 0 Å². The first-order valence-corrected chi connectivity index (χ1v) is 0.516. The van der Waals surface area contributed by atoms with Crippen molar-refractivity contribution in [1.29, 1.82) is 0 Å². The Hall–Kier alpha value is 1.24. The van der Waals surface area contributed by atoms with Crippen LogP contribution in [0.2, 0.25) is 0 Å². The van der Waals surface area contributed by atoms with Gasteiger partial charge < -0.3 is 10.0 Å². The van der Waals surface area contributed by atoms with Crippen LogP contribution in [0.4, 0.5) is 0 Å². The van der Waals surface area contributed by atoms with Crippen LogP contribution in [0.25, 0.3) is 0 Å². The topological polar surface area (TPSA) is 40.5 Å². The molecule has 0 heterocycles.